The molecule has 0 aliphatic carbocycles. The highest BCUT2D eigenvalue weighted by atomic mass is 16.3. The van der Waals surface area contributed by atoms with Crippen LogP contribution in [0.25, 0.3) is 10.9 Å². The zero-order valence-electron chi connectivity index (χ0n) is 21.5. The number of rotatable bonds is 10. The molecule has 1 N–H and O–H groups in total. The van der Waals surface area contributed by atoms with E-state index < -0.39 is 0 Å². The molecule has 0 aliphatic heterocycles. The molecule has 37 heavy (non-hydrogen) atoms. The lowest BCUT2D eigenvalue weighted by Crippen LogP contribution is -2.35. The number of hydrogen-bond donors (Lipinski definition) is 1. The summed E-state index contributed by atoms with van der Waals surface area (Å²) in [6.45, 7) is 7.94. The van der Waals surface area contributed by atoms with Gasteiger partial charge in [0.2, 0.25) is 0 Å². The van der Waals surface area contributed by atoms with Crippen LogP contribution in [-0.4, -0.2) is 30.1 Å². The van der Waals surface area contributed by atoms with Gasteiger partial charge in [-0.1, -0.05) is 57.2 Å². The Morgan fingerprint density at radius 2 is 1.84 bits per heavy atom. The third-order valence-electron chi connectivity index (χ3n) is 6.73. The number of H-pyrrole nitrogens is 1. The zero-order valence-corrected chi connectivity index (χ0v) is 21.5. The number of aryl methyl sites for hydroxylation is 1. The molecule has 0 saturated heterocycles. The van der Waals surface area contributed by atoms with Gasteiger partial charge in [-0.3, -0.25) is 9.69 Å². The first-order chi connectivity index (χ1) is 18.0. The van der Waals surface area contributed by atoms with Crippen molar-refractivity contribution < 1.29 is 4.42 Å². The predicted molar refractivity (Wildman–Crippen MR) is 143 cm³/mol. The van der Waals surface area contributed by atoms with Crippen molar-refractivity contribution in [2.24, 2.45) is 5.92 Å². The quantitative estimate of drug-likeness (QED) is 0.289. The van der Waals surface area contributed by atoms with E-state index >= 15 is 0 Å². The van der Waals surface area contributed by atoms with E-state index in [0.717, 1.165) is 34.5 Å². The smallest absolute Gasteiger partial charge is 0.252 e. The molecule has 3 heterocycles. The summed E-state index contributed by atoms with van der Waals surface area (Å²) < 4.78 is 7.57. The number of benzene rings is 2. The van der Waals surface area contributed by atoms with Crippen molar-refractivity contribution in [3.05, 3.63) is 112 Å². The van der Waals surface area contributed by atoms with Crippen molar-refractivity contribution in [2.75, 3.05) is 0 Å². The third kappa shape index (κ3) is 5.54. The van der Waals surface area contributed by atoms with Crippen LogP contribution in [0.2, 0.25) is 0 Å². The van der Waals surface area contributed by atoms with E-state index in [2.05, 4.69) is 70.4 Å². The first-order valence-electron chi connectivity index (χ1n) is 12.7. The molecule has 0 radical (unpaired) electrons. The van der Waals surface area contributed by atoms with E-state index in [9.17, 15) is 4.79 Å². The van der Waals surface area contributed by atoms with E-state index in [4.69, 9.17) is 4.42 Å². The van der Waals surface area contributed by atoms with Crippen molar-refractivity contribution in [1.29, 1.82) is 0 Å². The summed E-state index contributed by atoms with van der Waals surface area (Å²) in [6.07, 6.45) is 2.61. The van der Waals surface area contributed by atoms with Gasteiger partial charge >= 0.3 is 0 Å². The molecule has 0 bridgehead atoms. The molecule has 0 amide bonds. The maximum absolute atomic E-state index is 13.2. The summed E-state index contributed by atoms with van der Waals surface area (Å²) in [7, 11) is 0. The molecule has 0 unspecified atom stereocenters. The number of hydrogen-bond acceptors (Lipinski definition) is 6. The van der Waals surface area contributed by atoms with Crippen molar-refractivity contribution >= 4 is 10.9 Å². The molecular formula is C29H32N6O2. The van der Waals surface area contributed by atoms with Crippen LogP contribution in [0, 0.1) is 5.92 Å². The highest BCUT2D eigenvalue weighted by Gasteiger charge is 2.30. The van der Waals surface area contributed by atoms with Gasteiger partial charge in [0.05, 0.1) is 25.4 Å². The first-order valence-corrected chi connectivity index (χ1v) is 12.7. The van der Waals surface area contributed by atoms with Gasteiger partial charge in [0, 0.05) is 17.6 Å². The Morgan fingerprint density at radius 1 is 1.00 bits per heavy atom. The van der Waals surface area contributed by atoms with Crippen LogP contribution in [0.5, 0.6) is 0 Å². The molecule has 0 saturated carbocycles. The number of nitrogens with zero attached hydrogens (tertiary/aromatic N) is 5. The largest absolute Gasteiger partial charge is 0.468 e. The van der Waals surface area contributed by atoms with Crippen LogP contribution in [-0.2, 0) is 26.1 Å². The number of pyridine rings is 1. The minimum atomic E-state index is -0.152. The number of aromatic amines is 1. The van der Waals surface area contributed by atoms with Gasteiger partial charge in [-0.05, 0) is 69.6 Å². The Morgan fingerprint density at radius 3 is 2.57 bits per heavy atom. The second kappa shape index (κ2) is 10.9. The van der Waals surface area contributed by atoms with E-state index in [1.54, 1.807) is 6.26 Å². The third-order valence-corrected chi connectivity index (χ3v) is 6.73. The van der Waals surface area contributed by atoms with Crippen LogP contribution < -0.4 is 5.56 Å². The van der Waals surface area contributed by atoms with Crippen molar-refractivity contribution in [1.82, 2.24) is 30.1 Å². The van der Waals surface area contributed by atoms with Crippen LogP contribution in [0.4, 0.5) is 0 Å². The number of aromatic nitrogens is 5. The van der Waals surface area contributed by atoms with Gasteiger partial charge in [0.25, 0.3) is 5.56 Å². The highest BCUT2D eigenvalue weighted by Crippen LogP contribution is 2.30. The molecule has 3 aromatic heterocycles. The second-order valence-electron chi connectivity index (χ2n) is 9.75. The second-order valence-corrected chi connectivity index (χ2v) is 9.75. The van der Waals surface area contributed by atoms with Crippen LogP contribution in [0.1, 0.15) is 55.1 Å². The van der Waals surface area contributed by atoms with E-state index in [1.807, 2.05) is 47.1 Å². The lowest BCUT2D eigenvalue weighted by atomic mass is 10.00. The van der Waals surface area contributed by atoms with E-state index in [0.29, 0.717) is 25.2 Å². The van der Waals surface area contributed by atoms with Gasteiger partial charge in [-0.15, -0.1) is 5.10 Å². The van der Waals surface area contributed by atoms with E-state index in [1.165, 1.54) is 5.56 Å². The van der Waals surface area contributed by atoms with Crippen molar-refractivity contribution in [3.63, 3.8) is 0 Å². The molecule has 0 aliphatic rings. The normalized spacial score (nSPS) is 12.6. The summed E-state index contributed by atoms with van der Waals surface area (Å²) in [5.41, 5.74) is 3.80. The van der Waals surface area contributed by atoms with Gasteiger partial charge in [0.1, 0.15) is 5.76 Å². The Labute approximate surface area is 215 Å². The number of nitrogens with one attached hydrogen (secondary N) is 1. The summed E-state index contributed by atoms with van der Waals surface area (Å²) >= 11 is 0. The Kier molecular flexibility index (Phi) is 7.28. The maximum Gasteiger partial charge on any atom is 0.252 e. The first kappa shape index (κ1) is 24.6. The highest BCUT2D eigenvalue weighted by molar-refractivity contribution is 5.79. The minimum Gasteiger partial charge on any atom is -0.468 e. The molecule has 0 fully saturated rings. The molecule has 0 spiro atoms. The lowest BCUT2D eigenvalue weighted by Gasteiger charge is -2.33. The summed E-state index contributed by atoms with van der Waals surface area (Å²) in [4.78, 5) is 18.5. The molecule has 190 valence electrons. The Balaban J connectivity index is 1.54. The monoisotopic (exact) mass is 496 g/mol. The molecular weight excluding hydrogens is 464 g/mol. The summed E-state index contributed by atoms with van der Waals surface area (Å²) in [6, 6.07) is 22.0. The topological polar surface area (TPSA) is 92.8 Å². The molecule has 5 rings (SSSR count). The SMILES string of the molecule is CCc1ccc2[nH]c(=O)c(CN(Cc3ccco3)[C@@H](c3nnnn3Cc3ccccc3)C(C)C)cc2c1. The Hall–Kier alpha value is -4.04. The fourth-order valence-electron chi connectivity index (χ4n) is 4.89. The maximum atomic E-state index is 13.2. The number of furan rings is 1. The molecule has 8 nitrogen and oxygen atoms in total. The van der Waals surface area contributed by atoms with Crippen LogP contribution >= 0.6 is 0 Å². The number of fused-ring (bicyclic) bond motifs is 1. The van der Waals surface area contributed by atoms with Crippen molar-refractivity contribution in [2.45, 2.75) is 52.9 Å². The van der Waals surface area contributed by atoms with Gasteiger partial charge in [0.15, 0.2) is 5.82 Å². The van der Waals surface area contributed by atoms with Crippen LogP contribution in [0.3, 0.4) is 0 Å². The van der Waals surface area contributed by atoms with Gasteiger partial charge < -0.3 is 9.40 Å². The van der Waals surface area contributed by atoms with Gasteiger partial charge in [-0.2, -0.15) is 0 Å². The van der Waals surface area contributed by atoms with Gasteiger partial charge in [-0.25, -0.2) is 4.68 Å². The molecule has 1 atom stereocenters. The molecule has 8 heteroatoms. The minimum absolute atomic E-state index is 0.0902. The Bertz CT molecular complexity index is 1500. The lowest BCUT2D eigenvalue weighted by molar-refractivity contribution is 0.116. The summed E-state index contributed by atoms with van der Waals surface area (Å²) in [5, 5.41) is 13.8. The average molecular weight is 497 g/mol. The predicted octanol–water partition coefficient (Wildman–Crippen LogP) is 5.12. The standard InChI is InChI=1S/C29H32N6O2/c1-4-21-12-13-26-23(15-21)16-24(29(36)30-26)18-34(19-25-11-8-14-37-25)27(20(2)3)28-31-32-33-35(28)17-22-9-6-5-7-10-22/h5-16,20,27H,4,17-19H2,1-3H3,(H,30,36)/t27-/m1/s1. The number of tetrazole rings is 1. The fraction of sp³-hybridized carbons (Fsp3) is 0.310. The summed E-state index contributed by atoms with van der Waals surface area (Å²) in [5.74, 6) is 1.75. The van der Waals surface area contributed by atoms with E-state index in [-0.39, 0.29) is 17.5 Å². The molecule has 5 aromatic rings. The molecule has 2 aromatic carbocycles. The van der Waals surface area contributed by atoms with Crippen molar-refractivity contribution in [3.8, 4) is 0 Å². The average Bonchev–Trinajstić information content (AvgIpc) is 3.57. The fourth-order valence-corrected chi connectivity index (χ4v) is 4.89. The zero-order chi connectivity index (χ0) is 25.8. The van der Waals surface area contributed by atoms with Crippen LogP contribution in [0.15, 0.2) is 82.2 Å².